The van der Waals surface area contributed by atoms with Gasteiger partial charge in [-0.2, -0.15) is 0 Å². The molecule has 0 aliphatic carbocycles. The van der Waals surface area contributed by atoms with Gasteiger partial charge in [-0.15, -0.1) is 5.10 Å². The highest BCUT2D eigenvalue weighted by molar-refractivity contribution is 9.10. The molecule has 0 aliphatic rings. The Morgan fingerprint density at radius 3 is 2.86 bits per heavy atom. The minimum Gasteiger partial charge on any atom is -0.422 e. The summed E-state index contributed by atoms with van der Waals surface area (Å²) < 4.78 is 7.75. The largest absolute Gasteiger partial charge is 0.422 e. The smallest absolute Gasteiger partial charge is 0.343 e. The van der Waals surface area contributed by atoms with Crippen molar-refractivity contribution in [1.82, 2.24) is 15.0 Å². The molecule has 1 aromatic heterocycles. The summed E-state index contributed by atoms with van der Waals surface area (Å²) in [5.41, 5.74) is 1.95. The summed E-state index contributed by atoms with van der Waals surface area (Å²) in [6.07, 6.45) is 0. The van der Waals surface area contributed by atoms with E-state index in [2.05, 4.69) is 26.2 Å². The highest BCUT2D eigenvalue weighted by atomic mass is 79.9. The van der Waals surface area contributed by atoms with E-state index in [1.54, 1.807) is 35.0 Å². The van der Waals surface area contributed by atoms with Gasteiger partial charge in [0.05, 0.1) is 15.6 Å². The minimum absolute atomic E-state index is 0.409. The zero-order chi connectivity index (χ0) is 15.7. The lowest BCUT2D eigenvalue weighted by atomic mass is 10.2. The van der Waals surface area contributed by atoms with Gasteiger partial charge in [-0.25, -0.2) is 9.48 Å². The molecular weight excluding hydrogens is 370 g/mol. The van der Waals surface area contributed by atoms with Crippen LogP contribution >= 0.6 is 27.5 Å². The van der Waals surface area contributed by atoms with Crippen LogP contribution in [0.2, 0.25) is 5.02 Å². The van der Waals surface area contributed by atoms with Crippen molar-refractivity contribution in [3.8, 4) is 5.75 Å². The fourth-order valence-electron chi connectivity index (χ4n) is 2.05. The van der Waals surface area contributed by atoms with Crippen molar-refractivity contribution in [2.24, 2.45) is 0 Å². The van der Waals surface area contributed by atoms with Crippen LogP contribution in [0.25, 0.3) is 11.0 Å². The normalized spacial score (nSPS) is 10.9. The van der Waals surface area contributed by atoms with Crippen molar-refractivity contribution < 1.29 is 9.53 Å². The number of aryl methyl sites for hydroxylation is 1. The molecule has 0 radical (unpaired) electrons. The van der Waals surface area contributed by atoms with Gasteiger partial charge in [-0.05, 0) is 59.3 Å². The van der Waals surface area contributed by atoms with Crippen LogP contribution in [0.4, 0.5) is 0 Å². The van der Waals surface area contributed by atoms with E-state index in [1.807, 2.05) is 13.0 Å². The van der Waals surface area contributed by atoms with Crippen molar-refractivity contribution in [3.63, 3.8) is 0 Å². The number of ether oxygens (including phenoxy) is 1. The summed E-state index contributed by atoms with van der Waals surface area (Å²) in [7, 11) is 0. The molecule has 0 aliphatic heterocycles. The van der Waals surface area contributed by atoms with E-state index < -0.39 is 5.97 Å². The molecule has 112 valence electrons. The van der Waals surface area contributed by atoms with Gasteiger partial charge >= 0.3 is 5.97 Å². The number of nitrogens with zero attached hydrogens (tertiary/aromatic N) is 3. The second-order valence-electron chi connectivity index (χ2n) is 4.57. The number of halogens is 2. The number of rotatable bonds is 3. The fourth-order valence-corrected chi connectivity index (χ4v) is 2.81. The molecule has 1 heterocycles. The number of carbonyl (C=O) groups is 1. The lowest BCUT2D eigenvalue weighted by molar-refractivity contribution is 0.0733. The molecule has 3 aromatic rings. The monoisotopic (exact) mass is 379 g/mol. The van der Waals surface area contributed by atoms with Crippen LogP contribution in [-0.2, 0) is 6.54 Å². The summed E-state index contributed by atoms with van der Waals surface area (Å²) in [4.78, 5) is 12.2. The Hall–Kier alpha value is -1.92. The van der Waals surface area contributed by atoms with Gasteiger partial charge < -0.3 is 4.74 Å². The summed E-state index contributed by atoms with van der Waals surface area (Å²) in [5, 5.41) is 8.62. The van der Waals surface area contributed by atoms with Crippen LogP contribution in [0.1, 0.15) is 17.3 Å². The van der Waals surface area contributed by atoms with Crippen LogP contribution in [-0.4, -0.2) is 21.0 Å². The van der Waals surface area contributed by atoms with Crippen LogP contribution in [0.5, 0.6) is 5.75 Å². The molecular formula is C15H11BrClN3O2. The topological polar surface area (TPSA) is 57.0 Å². The molecule has 0 atom stereocenters. The van der Waals surface area contributed by atoms with Crippen molar-refractivity contribution in [2.75, 3.05) is 0 Å². The Kier molecular flexibility index (Phi) is 4.13. The quantitative estimate of drug-likeness (QED) is 0.507. The highest BCUT2D eigenvalue weighted by Gasteiger charge is 2.13. The lowest BCUT2D eigenvalue weighted by Gasteiger charge is -2.06. The zero-order valence-corrected chi connectivity index (χ0v) is 13.9. The standard InChI is InChI=1S/C15H11BrClN3O2/c1-2-20-13-5-3-9(7-12(13)18-19-20)15(21)22-14-6-4-10(17)8-11(14)16/h3-8H,2H2,1H3. The number of carbonyl (C=O) groups excluding carboxylic acids is 1. The zero-order valence-electron chi connectivity index (χ0n) is 11.6. The second kappa shape index (κ2) is 6.06. The van der Waals surface area contributed by atoms with Gasteiger partial charge in [0.2, 0.25) is 0 Å². The molecule has 7 heteroatoms. The first-order chi connectivity index (χ1) is 10.6. The average Bonchev–Trinajstić information content (AvgIpc) is 2.92. The van der Waals surface area contributed by atoms with E-state index in [0.717, 1.165) is 12.1 Å². The number of hydrogen-bond donors (Lipinski definition) is 0. The number of benzene rings is 2. The predicted molar refractivity (Wildman–Crippen MR) is 87.3 cm³/mol. The number of esters is 1. The van der Waals surface area contributed by atoms with E-state index in [9.17, 15) is 4.79 Å². The molecule has 2 aromatic carbocycles. The van der Waals surface area contributed by atoms with E-state index in [1.165, 1.54) is 0 Å². The maximum Gasteiger partial charge on any atom is 0.343 e. The second-order valence-corrected chi connectivity index (χ2v) is 5.86. The molecule has 3 rings (SSSR count). The molecule has 0 fully saturated rings. The number of hydrogen-bond acceptors (Lipinski definition) is 4. The first-order valence-corrected chi connectivity index (χ1v) is 7.76. The molecule has 5 nitrogen and oxygen atoms in total. The molecule has 0 saturated heterocycles. The van der Waals surface area contributed by atoms with E-state index in [0.29, 0.717) is 26.3 Å². The third kappa shape index (κ3) is 2.84. The molecule has 0 N–H and O–H groups in total. The first-order valence-electron chi connectivity index (χ1n) is 6.59. The Bertz CT molecular complexity index is 863. The maximum atomic E-state index is 12.2. The van der Waals surface area contributed by atoms with Crippen LogP contribution < -0.4 is 4.74 Å². The SMILES string of the molecule is CCn1nnc2cc(C(=O)Oc3ccc(Cl)cc3Br)ccc21. The Morgan fingerprint density at radius 1 is 1.32 bits per heavy atom. The predicted octanol–water partition coefficient (Wildman–Crippen LogP) is 4.09. The minimum atomic E-state index is -0.462. The summed E-state index contributed by atoms with van der Waals surface area (Å²) >= 11 is 9.18. The van der Waals surface area contributed by atoms with Gasteiger partial charge in [0.25, 0.3) is 0 Å². The highest BCUT2D eigenvalue weighted by Crippen LogP contribution is 2.28. The van der Waals surface area contributed by atoms with Gasteiger partial charge in [0, 0.05) is 11.6 Å². The summed E-state index contributed by atoms with van der Waals surface area (Å²) in [6, 6.07) is 10.1. The third-order valence-corrected chi connectivity index (χ3v) is 4.00. The van der Waals surface area contributed by atoms with Gasteiger partial charge in [-0.1, -0.05) is 16.8 Å². The third-order valence-electron chi connectivity index (χ3n) is 3.15. The molecule has 22 heavy (non-hydrogen) atoms. The maximum absolute atomic E-state index is 12.2. The molecule has 0 saturated carbocycles. The Balaban J connectivity index is 1.88. The number of aromatic nitrogens is 3. The van der Waals surface area contributed by atoms with Crippen LogP contribution in [0.3, 0.4) is 0 Å². The first kappa shape index (κ1) is 15.0. The average molecular weight is 381 g/mol. The van der Waals surface area contributed by atoms with Gasteiger partial charge in [-0.3, -0.25) is 0 Å². The lowest BCUT2D eigenvalue weighted by Crippen LogP contribution is -2.08. The van der Waals surface area contributed by atoms with Gasteiger partial charge in [0.1, 0.15) is 11.3 Å². The van der Waals surface area contributed by atoms with Crippen LogP contribution in [0.15, 0.2) is 40.9 Å². The van der Waals surface area contributed by atoms with Crippen molar-refractivity contribution in [2.45, 2.75) is 13.5 Å². The summed E-state index contributed by atoms with van der Waals surface area (Å²) in [5.74, 6) is -0.0531. The molecule has 0 spiro atoms. The number of fused-ring (bicyclic) bond motifs is 1. The Morgan fingerprint density at radius 2 is 2.14 bits per heavy atom. The van der Waals surface area contributed by atoms with Gasteiger partial charge in [0.15, 0.2) is 0 Å². The fraction of sp³-hybridized carbons (Fsp3) is 0.133. The van der Waals surface area contributed by atoms with E-state index in [-0.39, 0.29) is 0 Å². The van der Waals surface area contributed by atoms with Crippen molar-refractivity contribution >= 4 is 44.5 Å². The van der Waals surface area contributed by atoms with E-state index >= 15 is 0 Å². The summed E-state index contributed by atoms with van der Waals surface area (Å²) in [6.45, 7) is 2.70. The molecule has 0 bridgehead atoms. The van der Waals surface area contributed by atoms with E-state index in [4.69, 9.17) is 16.3 Å². The van der Waals surface area contributed by atoms with Crippen molar-refractivity contribution in [1.29, 1.82) is 0 Å². The Labute approximate surface area is 140 Å². The molecule has 0 amide bonds. The molecule has 0 unspecified atom stereocenters. The van der Waals surface area contributed by atoms with Crippen LogP contribution in [0, 0.1) is 0 Å². The van der Waals surface area contributed by atoms with Crippen molar-refractivity contribution in [3.05, 3.63) is 51.5 Å².